The number of nitrogens with one attached hydrogen (secondary N) is 1. The highest BCUT2D eigenvalue weighted by Gasteiger charge is 2.22. The van der Waals surface area contributed by atoms with Crippen LogP contribution in [-0.2, 0) is 0 Å². The predicted octanol–water partition coefficient (Wildman–Crippen LogP) is 10.4. The lowest BCUT2D eigenvalue weighted by Crippen LogP contribution is -2.33. The molecule has 0 saturated heterocycles. The molecular weight excluding hydrogens is 593 g/mol. The van der Waals surface area contributed by atoms with Gasteiger partial charge >= 0.3 is 0 Å². The van der Waals surface area contributed by atoms with Gasteiger partial charge in [-0.05, 0) is 63.4 Å². The maximum absolute atomic E-state index is 5.24. The van der Waals surface area contributed by atoms with E-state index in [2.05, 4.69) is 133 Å². The number of benzene rings is 6. The second-order valence-electron chi connectivity index (χ2n) is 11.7. The highest BCUT2D eigenvalue weighted by Crippen LogP contribution is 2.41. The minimum absolute atomic E-state index is 0.279. The zero-order valence-electron chi connectivity index (χ0n) is 25.3. The van der Waals surface area contributed by atoms with Gasteiger partial charge in [0.2, 0.25) is 0 Å². The first-order chi connectivity index (χ1) is 23.3. The first-order valence-electron chi connectivity index (χ1n) is 15.7. The monoisotopic (exact) mass is 620 g/mol. The number of thiophene rings is 1. The maximum atomic E-state index is 5.24. The molecule has 9 rings (SSSR count). The zero-order chi connectivity index (χ0) is 31.2. The van der Waals surface area contributed by atoms with Crippen LogP contribution in [0.4, 0.5) is 0 Å². The van der Waals surface area contributed by atoms with Crippen molar-refractivity contribution in [1.29, 1.82) is 0 Å². The van der Waals surface area contributed by atoms with E-state index in [0.29, 0.717) is 5.84 Å². The number of aliphatic imine (C=N–C) groups is 2. The lowest BCUT2D eigenvalue weighted by Gasteiger charge is -2.24. The topological polar surface area (TPSA) is 49.6 Å². The molecule has 0 bridgehead atoms. The van der Waals surface area contributed by atoms with E-state index < -0.39 is 0 Å². The molecule has 1 N–H and O–H groups in total. The van der Waals surface area contributed by atoms with Crippen LogP contribution in [0.5, 0.6) is 0 Å². The number of amidine groups is 2. The molecule has 0 saturated carbocycles. The number of rotatable bonds is 5. The lowest BCUT2D eigenvalue weighted by atomic mass is 9.93. The van der Waals surface area contributed by atoms with E-state index in [-0.39, 0.29) is 6.17 Å². The molecule has 2 aromatic heterocycles. The number of nitrogens with zero attached hydrogens (tertiary/aromatic N) is 3. The van der Waals surface area contributed by atoms with Gasteiger partial charge in [0.05, 0.1) is 10.2 Å². The fraction of sp³-hybridized carbons (Fsp3) is 0.0238. The summed E-state index contributed by atoms with van der Waals surface area (Å²) in [6.07, 6.45) is 1.65. The van der Waals surface area contributed by atoms with Gasteiger partial charge in [-0.2, -0.15) is 0 Å². The molecule has 6 aromatic carbocycles. The number of hydrogen-bond acceptors (Lipinski definition) is 5. The summed E-state index contributed by atoms with van der Waals surface area (Å²) < 4.78 is 2.41. The van der Waals surface area contributed by atoms with Gasteiger partial charge < -0.3 is 5.32 Å². The maximum Gasteiger partial charge on any atom is 0.159 e. The fourth-order valence-electron chi connectivity index (χ4n) is 6.50. The van der Waals surface area contributed by atoms with E-state index in [1.807, 2.05) is 30.5 Å². The summed E-state index contributed by atoms with van der Waals surface area (Å²) in [6.45, 7) is 0. The van der Waals surface area contributed by atoms with Gasteiger partial charge in [-0.15, -0.1) is 11.3 Å². The van der Waals surface area contributed by atoms with Crippen LogP contribution in [0.3, 0.4) is 0 Å². The molecule has 1 aliphatic heterocycles. The number of aromatic nitrogens is 1. The van der Waals surface area contributed by atoms with E-state index in [1.165, 1.54) is 31.1 Å². The van der Waals surface area contributed by atoms with E-state index in [0.717, 1.165) is 44.7 Å². The quantitative estimate of drug-likeness (QED) is 0.208. The molecule has 222 valence electrons. The van der Waals surface area contributed by atoms with Crippen LogP contribution in [0.1, 0.15) is 22.9 Å². The van der Waals surface area contributed by atoms with Gasteiger partial charge in [-0.1, -0.05) is 121 Å². The minimum Gasteiger partial charge on any atom is -0.344 e. The third-order valence-electron chi connectivity index (χ3n) is 8.77. The molecule has 0 radical (unpaired) electrons. The van der Waals surface area contributed by atoms with Crippen LogP contribution in [0.15, 0.2) is 168 Å². The summed E-state index contributed by atoms with van der Waals surface area (Å²) in [6, 6.07) is 53.2. The standard InChI is InChI=1S/C42H28N4S/c1-3-13-28(14-4-1)40-44-41(29-15-5-2-6-16-29)46-42(45-40)32-25-30(34-20-11-17-27-12-7-8-18-33(27)34)24-31(26-32)35-22-23-43-38-36-19-9-10-21-37(36)47-39(35)38/h1-26,40H,(H,44,45,46). The Morgan fingerprint density at radius 1 is 0.553 bits per heavy atom. The van der Waals surface area contributed by atoms with E-state index in [4.69, 9.17) is 15.0 Å². The van der Waals surface area contributed by atoms with Crippen molar-refractivity contribution in [3.8, 4) is 22.3 Å². The van der Waals surface area contributed by atoms with Gasteiger partial charge in [-0.25, -0.2) is 9.98 Å². The Bertz CT molecular complexity index is 2490. The van der Waals surface area contributed by atoms with E-state index in [1.54, 1.807) is 11.3 Å². The number of fused-ring (bicyclic) bond motifs is 4. The van der Waals surface area contributed by atoms with Crippen LogP contribution in [0, 0.1) is 0 Å². The Morgan fingerprint density at radius 3 is 2.09 bits per heavy atom. The highest BCUT2D eigenvalue weighted by molar-refractivity contribution is 7.26. The number of hydrogen-bond donors (Lipinski definition) is 1. The third kappa shape index (κ3) is 4.98. The van der Waals surface area contributed by atoms with Crippen LogP contribution in [0.25, 0.3) is 53.3 Å². The van der Waals surface area contributed by atoms with Crippen molar-refractivity contribution < 1.29 is 0 Å². The van der Waals surface area contributed by atoms with Gasteiger partial charge in [0.1, 0.15) is 12.0 Å². The zero-order valence-corrected chi connectivity index (χ0v) is 26.2. The summed E-state index contributed by atoms with van der Waals surface area (Å²) in [5.74, 6) is 1.50. The Labute approximate surface area is 276 Å². The molecule has 1 aliphatic rings. The van der Waals surface area contributed by atoms with Crippen molar-refractivity contribution in [3.63, 3.8) is 0 Å². The van der Waals surface area contributed by atoms with Crippen molar-refractivity contribution in [2.45, 2.75) is 6.17 Å². The Kier molecular flexibility index (Phi) is 6.69. The summed E-state index contributed by atoms with van der Waals surface area (Å²) >= 11 is 1.79. The summed E-state index contributed by atoms with van der Waals surface area (Å²) in [5.41, 5.74) is 8.66. The molecule has 4 nitrogen and oxygen atoms in total. The van der Waals surface area contributed by atoms with E-state index in [9.17, 15) is 0 Å². The lowest BCUT2D eigenvalue weighted by molar-refractivity contribution is 0.674. The summed E-state index contributed by atoms with van der Waals surface area (Å²) in [5, 5.41) is 7.20. The minimum atomic E-state index is -0.279. The van der Waals surface area contributed by atoms with Gasteiger partial charge in [-0.3, -0.25) is 4.98 Å². The average Bonchev–Trinajstić information content (AvgIpc) is 3.54. The Morgan fingerprint density at radius 2 is 1.23 bits per heavy atom. The molecule has 1 unspecified atom stereocenters. The fourth-order valence-corrected chi connectivity index (χ4v) is 7.70. The molecule has 47 heavy (non-hydrogen) atoms. The average molecular weight is 621 g/mol. The van der Waals surface area contributed by atoms with Gasteiger partial charge in [0, 0.05) is 33.0 Å². The van der Waals surface area contributed by atoms with Gasteiger partial charge in [0.15, 0.2) is 5.84 Å². The molecule has 8 aromatic rings. The predicted molar refractivity (Wildman–Crippen MR) is 197 cm³/mol. The van der Waals surface area contributed by atoms with Crippen LogP contribution in [0.2, 0.25) is 0 Å². The van der Waals surface area contributed by atoms with Crippen molar-refractivity contribution in [2.24, 2.45) is 9.98 Å². The van der Waals surface area contributed by atoms with Crippen molar-refractivity contribution in [1.82, 2.24) is 10.3 Å². The second kappa shape index (κ2) is 11.5. The largest absolute Gasteiger partial charge is 0.344 e. The molecule has 0 amide bonds. The van der Waals surface area contributed by atoms with Crippen LogP contribution < -0.4 is 5.32 Å². The number of pyridine rings is 1. The molecule has 3 heterocycles. The molecule has 5 heteroatoms. The summed E-state index contributed by atoms with van der Waals surface area (Å²) in [4.78, 5) is 15.2. The molecule has 1 atom stereocenters. The third-order valence-corrected chi connectivity index (χ3v) is 9.96. The van der Waals surface area contributed by atoms with Crippen molar-refractivity contribution >= 4 is 54.1 Å². The normalized spacial score (nSPS) is 14.6. The first-order valence-corrected chi connectivity index (χ1v) is 16.5. The second-order valence-corrected chi connectivity index (χ2v) is 12.7. The highest BCUT2D eigenvalue weighted by atomic mass is 32.1. The van der Waals surface area contributed by atoms with E-state index >= 15 is 0 Å². The van der Waals surface area contributed by atoms with Crippen LogP contribution >= 0.6 is 11.3 Å². The molecule has 0 aliphatic carbocycles. The van der Waals surface area contributed by atoms with Crippen molar-refractivity contribution in [2.75, 3.05) is 0 Å². The Hall–Kier alpha value is -5.91. The molecule has 0 fully saturated rings. The van der Waals surface area contributed by atoms with Crippen molar-refractivity contribution in [3.05, 3.63) is 175 Å². The molecule has 0 spiro atoms. The molecular formula is C42H28N4S. The first kappa shape index (κ1) is 27.4. The summed E-state index contributed by atoms with van der Waals surface area (Å²) in [7, 11) is 0. The van der Waals surface area contributed by atoms with Crippen LogP contribution in [-0.4, -0.2) is 16.7 Å². The smallest absolute Gasteiger partial charge is 0.159 e. The Balaban J connectivity index is 1.30. The SMILES string of the molecule is c1ccc(C2=NC(c3cc(-c4cccc5ccccc45)cc(-c4ccnc5c4sc4ccccc45)c3)=NC(c3ccccc3)N2)cc1. The van der Waals surface area contributed by atoms with Gasteiger partial charge in [0.25, 0.3) is 0 Å².